The zero-order chi connectivity index (χ0) is 11.2. The van der Waals surface area contributed by atoms with Crippen LogP contribution >= 0.6 is 0 Å². The minimum atomic E-state index is -2.85. The van der Waals surface area contributed by atoms with Gasteiger partial charge in [0.15, 0.2) is 0 Å². The lowest BCUT2D eigenvalue weighted by atomic mass is 10.3. The highest BCUT2D eigenvalue weighted by Crippen LogP contribution is 1.90. The quantitative estimate of drug-likeness (QED) is 0.614. The summed E-state index contributed by atoms with van der Waals surface area (Å²) in [7, 11) is 1.21. The SMILES string of the molecule is CC(CS(C)(=O)=O)NCCCN(C)C. The molecule has 86 valence electrons. The van der Waals surface area contributed by atoms with Gasteiger partial charge >= 0.3 is 0 Å². The van der Waals surface area contributed by atoms with Crippen molar-refractivity contribution in [2.24, 2.45) is 0 Å². The van der Waals surface area contributed by atoms with E-state index in [1.807, 2.05) is 21.0 Å². The number of hydrogen-bond acceptors (Lipinski definition) is 4. The predicted molar refractivity (Wildman–Crippen MR) is 60.3 cm³/mol. The van der Waals surface area contributed by atoms with E-state index in [4.69, 9.17) is 0 Å². The van der Waals surface area contributed by atoms with Crippen LogP contribution in [0.4, 0.5) is 0 Å². The first-order valence-electron chi connectivity index (χ1n) is 4.87. The Morgan fingerprint density at radius 3 is 2.36 bits per heavy atom. The average Bonchev–Trinajstić information content (AvgIpc) is 1.94. The van der Waals surface area contributed by atoms with Gasteiger partial charge in [0.1, 0.15) is 9.84 Å². The fourth-order valence-electron chi connectivity index (χ4n) is 1.26. The van der Waals surface area contributed by atoms with E-state index >= 15 is 0 Å². The molecular formula is C9H22N2O2S. The summed E-state index contributed by atoms with van der Waals surface area (Å²) in [5.41, 5.74) is 0. The lowest BCUT2D eigenvalue weighted by molar-refractivity contribution is 0.390. The number of nitrogens with one attached hydrogen (secondary N) is 1. The molecule has 0 saturated carbocycles. The molecule has 4 nitrogen and oxygen atoms in total. The molecule has 5 heteroatoms. The molecule has 0 aromatic heterocycles. The van der Waals surface area contributed by atoms with Crippen molar-refractivity contribution < 1.29 is 8.42 Å². The van der Waals surface area contributed by atoms with Gasteiger partial charge in [-0.3, -0.25) is 0 Å². The van der Waals surface area contributed by atoms with E-state index in [1.165, 1.54) is 6.26 Å². The normalized spacial score (nSPS) is 14.6. The lowest BCUT2D eigenvalue weighted by Gasteiger charge is -2.14. The van der Waals surface area contributed by atoms with Crippen LogP contribution in [0.15, 0.2) is 0 Å². The highest BCUT2D eigenvalue weighted by molar-refractivity contribution is 7.90. The zero-order valence-electron chi connectivity index (χ0n) is 9.58. The second kappa shape index (κ2) is 6.37. The van der Waals surface area contributed by atoms with E-state index in [0.717, 1.165) is 19.5 Å². The summed E-state index contributed by atoms with van der Waals surface area (Å²) in [5.74, 6) is 0.217. The fraction of sp³-hybridized carbons (Fsp3) is 1.00. The Bertz CT molecular complexity index is 237. The third-order valence-electron chi connectivity index (χ3n) is 1.83. The molecule has 0 spiro atoms. The highest BCUT2D eigenvalue weighted by atomic mass is 32.2. The average molecular weight is 222 g/mol. The standard InChI is InChI=1S/C9H22N2O2S/c1-9(8-14(4,12)13)10-6-5-7-11(2)3/h9-10H,5-8H2,1-4H3. The molecule has 1 unspecified atom stereocenters. The van der Waals surface area contributed by atoms with Gasteiger partial charge in [-0.05, 0) is 40.5 Å². The van der Waals surface area contributed by atoms with Crippen molar-refractivity contribution >= 4 is 9.84 Å². The first-order valence-corrected chi connectivity index (χ1v) is 6.93. The first-order chi connectivity index (χ1) is 6.31. The van der Waals surface area contributed by atoms with Crippen LogP contribution in [0.5, 0.6) is 0 Å². The van der Waals surface area contributed by atoms with Gasteiger partial charge in [-0.15, -0.1) is 0 Å². The van der Waals surface area contributed by atoms with Gasteiger partial charge in [-0.2, -0.15) is 0 Å². The van der Waals surface area contributed by atoms with E-state index < -0.39 is 9.84 Å². The second-order valence-electron chi connectivity index (χ2n) is 4.10. The summed E-state index contributed by atoms with van der Waals surface area (Å²) in [5, 5.41) is 3.19. The number of nitrogens with zero attached hydrogens (tertiary/aromatic N) is 1. The summed E-state index contributed by atoms with van der Waals surface area (Å²) in [4.78, 5) is 2.11. The molecule has 14 heavy (non-hydrogen) atoms. The van der Waals surface area contributed by atoms with Crippen LogP contribution in [0.3, 0.4) is 0 Å². The molecule has 0 aromatic carbocycles. The molecule has 0 aliphatic heterocycles. The van der Waals surface area contributed by atoms with Crippen LogP contribution in [0, 0.1) is 0 Å². The van der Waals surface area contributed by atoms with Crippen molar-refractivity contribution in [3.8, 4) is 0 Å². The molecule has 0 heterocycles. The summed E-state index contributed by atoms with van der Waals surface area (Å²) < 4.78 is 21.9. The molecule has 0 fully saturated rings. The molecule has 1 N–H and O–H groups in total. The van der Waals surface area contributed by atoms with Crippen molar-refractivity contribution in [1.29, 1.82) is 0 Å². The molecule has 0 aliphatic rings. The molecule has 1 atom stereocenters. The van der Waals surface area contributed by atoms with Gasteiger partial charge < -0.3 is 10.2 Å². The topological polar surface area (TPSA) is 49.4 Å². The highest BCUT2D eigenvalue weighted by Gasteiger charge is 2.08. The minimum Gasteiger partial charge on any atom is -0.313 e. The lowest BCUT2D eigenvalue weighted by Crippen LogP contribution is -2.34. The van der Waals surface area contributed by atoms with E-state index in [-0.39, 0.29) is 11.8 Å². The summed E-state index contributed by atoms with van der Waals surface area (Å²) >= 11 is 0. The van der Waals surface area contributed by atoms with E-state index in [9.17, 15) is 8.42 Å². The Morgan fingerprint density at radius 1 is 1.36 bits per heavy atom. The van der Waals surface area contributed by atoms with Crippen LogP contribution < -0.4 is 5.32 Å². The number of rotatable bonds is 7. The minimum absolute atomic E-state index is 0.0483. The number of hydrogen-bond donors (Lipinski definition) is 1. The van der Waals surface area contributed by atoms with Crippen molar-refractivity contribution in [2.45, 2.75) is 19.4 Å². The maximum Gasteiger partial charge on any atom is 0.148 e. The molecule has 0 aromatic rings. The Morgan fingerprint density at radius 2 is 1.93 bits per heavy atom. The van der Waals surface area contributed by atoms with E-state index in [1.54, 1.807) is 0 Å². The summed E-state index contributed by atoms with van der Waals surface area (Å²) in [6, 6.07) is 0.0483. The molecule has 0 radical (unpaired) electrons. The Kier molecular flexibility index (Phi) is 6.31. The third-order valence-corrected chi connectivity index (χ3v) is 2.93. The smallest absolute Gasteiger partial charge is 0.148 e. The van der Waals surface area contributed by atoms with Crippen molar-refractivity contribution in [3.63, 3.8) is 0 Å². The second-order valence-corrected chi connectivity index (χ2v) is 6.29. The van der Waals surface area contributed by atoms with Crippen molar-refractivity contribution in [2.75, 3.05) is 39.2 Å². The van der Waals surface area contributed by atoms with Gasteiger partial charge in [0.05, 0.1) is 5.75 Å². The van der Waals surface area contributed by atoms with Crippen LogP contribution in [-0.2, 0) is 9.84 Å². The molecule has 0 aliphatic carbocycles. The maximum absolute atomic E-state index is 10.9. The van der Waals surface area contributed by atoms with Gasteiger partial charge in [-0.25, -0.2) is 8.42 Å². The Balaban J connectivity index is 3.50. The predicted octanol–water partition coefficient (Wildman–Crippen LogP) is -0.0392. The van der Waals surface area contributed by atoms with Gasteiger partial charge in [0.25, 0.3) is 0 Å². The summed E-state index contributed by atoms with van der Waals surface area (Å²) in [6.45, 7) is 3.80. The largest absolute Gasteiger partial charge is 0.313 e. The van der Waals surface area contributed by atoms with E-state index in [2.05, 4.69) is 10.2 Å². The molecule has 0 rings (SSSR count). The molecular weight excluding hydrogens is 200 g/mol. The van der Waals surface area contributed by atoms with Crippen LogP contribution in [0.25, 0.3) is 0 Å². The van der Waals surface area contributed by atoms with Gasteiger partial charge in [0.2, 0.25) is 0 Å². The van der Waals surface area contributed by atoms with Crippen molar-refractivity contribution in [1.82, 2.24) is 10.2 Å². The maximum atomic E-state index is 10.9. The third kappa shape index (κ3) is 9.95. The monoisotopic (exact) mass is 222 g/mol. The number of sulfone groups is 1. The first kappa shape index (κ1) is 13.9. The van der Waals surface area contributed by atoms with Crippen LogP contribution in [0.1, 0.15) is 13.3 Å². The van der Waals surface area contributed by atoms with Crippen LogP contribution in [-0.4, -0.2) is 58.6 Å². The molecule has 0 saturated heterocycles. The summed E-state index contributed by atoms with van der Waals surface area (Å²) in [6.07, 6.45) is 2.31. The van der Waals surface area contributed by atoms with Gasteiger partial charge in [0, 0.05) is 12.3 Å². The van der Waals surface area contributed by atoms with E-state index in [0.29, 0.717) is 0 Å². The van der Waals surface area contributed by atoms with Crippen molar-refractivity contribution in [3.05, 3.63) is 0 Å². The molecule has 0 bridgehead atoms. The van der Waals surface area contributed by atoms with Gasteiger partial charge in [-0.1, -0.05) is 0 Å². The Hall–Kier alpha value is -0.130. The fourth-order valence-corrected chi connectivity index (χ4v) is 2.28. The molecule has 0 amide bonds. The van der Waals surface area contributed by atoms with Crippen LogP contribution in [0.2, 0.25) is 0 Å². The zero-order valence-corrected chi connectivity index (χ0v) is 10.4. The Labute approximate surface area is 87.6 Å².